The number of ketones is 1. The van der Waals surface area contributed by atoms with E-state index in [1.165, 1.54) is 0 Å². The number of hydrogen-bond donors (Lipinski definition) is 2. The Bertz CT molecular complexity index is 1280. The Balaban J connectivity index is 1.52. The van der Waals surface area contributed by atoms with Gasteiger partial charge in [0.05, 0.1) is 5.69 Å². The molecule has 1 aliphatic rings. The maximum atomic E-state index is 12.8. The van der Waals surface area contributed by atoms with E-state index in [0.717, 1.165) is 46.5 Å². The molecule has 1 amide bonds. The first-order valence-electron chi connectivity index (χ1n) is 10.8. The highest BCUT2D eigenvalue weighted by molar-refractivity contribution is 6.04. The Morgan fingerprint density at radius 1 is 0.969 bits per heavy atom. The average molecular weight is 422 g/mol. The molecule has 2 N–H and O–H groups in total. The molecule has 0 bridgehead atoms. The van der Waals surface area contributed by atoms with Crippen LogP contribution in [0.5, 0.6) is 0 Å². The quantitative estimate of drug-likeness (QED) is 0.451. The molecule has 5 nitrogen and oxygen atoms in total. The van der Waals surface area contributed by atoms with Crippen LogP contribution in [0.4, 0.5) is 5.82 Å². The minimum Gasteiger partial charge on any atom is -0.358 e. The lowest BCUT2D eigenvalue weighted by Gasteiger charge is -2.12. The molecule has 5 rings (SSSR count). The van der Waals surface area contributed by atoms with Crippen molar-refractivity contribution in [2.24, 2.45) is 0 Å². The predicted molar refractivity (Wildman–Crippen MR) is 125 cm³/mol. The van der Waals surface area contributed by atoms with Gasteiger partial charge < -0.3 is 10.3 Å². The smallest absolute Gasteiger partial charge is 0.256 e. The predicted octanol–water partition coefficient (Wildman–Crippen LogP) is 5.44. The van der Waals surface area contributed by atoms with Crippen molar-refractivity contribution in [2.45, 2.75) is 25.7 Å². The van der Waals surface area contributed by atoms with E-state index < -0.39 is 0 Å². The van der Waals surface area contributed by atoms with Crippen LogP contribution in [0.1, 0.15) is 50.4 Å². The number of aromatic nitrogens is 2. The van der Waals surface area contributed by atoms with Crippen molar-refractivity contribution < 1.29 is 9.59 Å². The van der Waals surface area contributed by atoms with Crippen LogP contribution in [-0.2, 0) is 12.8 Å². The van der Waals surface area contributed by atoms with Gasteiger partial charge in [0.25, 0.3) is 5.91 Å². The summed E-state index contributed by atoms with van der Waals surface area (Å²) in [6.45, 7) is 0. The second-order valence-electron chi connectivity index (χ2n) is 8.02. The van der Waals surface area contributed by atoms with Crippen LogP contribution >= 0.6 is 0 Å². The summed E-state index contributed by atoms with van der Waals surface area (Å²) in [6.07, 6.45) is 4.67. The zero-order valence-electron chi connectivity index (χ0n) is 17.6. The maximum Gasteiger partial charge on any atom is 0.256 e. The van der Waals surface area contributed by atoms with E-state index in [1.54, 1.807) is 18.3 Å². The molecule has 0 atom stereocenters. The van der Waals surface area contributed by atoms with Gasteiger partial charge in [-0.05, 0) is 48.2 Å². The molecule has 0 radical (unpaired) electrons. The third-order valence-corrected chi connectivity index (χ3v) is 5.84. The van der Waals surface area contributed by atoms with Gasteiger partial charge in [0.1, 0.15) is 5.82 Å². The van der Waals surface area contributed by atoms with Crippen molar-refractivity contribution >= 4 is 17.5 Å². The number of H-pyrrole nitrogens is 1. The summed E-state index contributed by atoms with van der Waals surface area (Å²) >= 11 is 0. The largest absolute Gasteiger partial charge is 0.358 e. The molecule has 158 valence electrons. The minimum absolute atomic E-state index is 0.200. The number of carbonyl (C=O) groups is 2. The highest BCUT2D eigenvalue weighted by Crippen LogP contribution is 2.35. The second kappa shape index (κ2) is 8.63. The number of aryl methyl sites for hydroxylation is 1. The summed E-state index contributed by atoms with van der Waals surface area (Å²) in [6, 6.07) is 23.0. The molecule has 0 saturated heterocycles. The number of Topliss-reactive ketones (excluding diaryl/α,β-unsaturated/α-hetero) is 1. The molecule has 2 aromatic carbocycles. The Labute approximate surface area is 186 Å². The summed E-state index contributed by atoms with van der Waals surface area (Å²) in [5.74, 6) is 0.466. The summed E-state index contributed by atoms with van der Waals surface area (Å²) in [5, 5.41) is 2.88. The third kappa shape index (κ3) is 3.97. The molecule has 5 heteroatoms. The highest BCUT2D eigenvalue weighted by Gasteiger charge is 2.26. The van der Waals surface area contributed by atoms with Crippen LogP contribution in [0.2, 0.25) is 0 Å². The number of anilines is 1. The number of carbonyl (C=O) groups excluding carboxylic acids is 2. The Hall–Kier alpha value is -3.99. The monoisotopic (exact) mass is 421 g/mol. The normalized spacial score (nSPS) is 12.9. The van der Waals surface area contributed by atoms with Crippen molar-refractivity contribution in [1.82, 2.24) is 9.97 Å². The number of nitrogens with one attached hydrogen (secondary N) is 2. The van der Waals surface area contributed by atoms with Gasteiger partial charge in [0, 0.05) is 41.4 Å². The molecule has 0 aliphatic heterocycles. The van der Waals surface area contributed by atoms with Crippen molar-refractivity contribution in [3.8, 4) is 11.3 Å². The van der Waals surface area contributed by atoms with Crippen LogP contribution in [0.15, 0.2) is 79.0 Å². The van der Waals surface area contributed by atoms with E-state index in [4.69, 9.17) is 0 Å². The Morgan fingerprint density at radius 2 is 1.72 bits per heavy atom. The summed E-state index contributed by atoms with van der Waals surface area (Å²) in [4.78, 5) is 33.2. The number of benzene rings is 2. The number of hydrogen-bond acceptors (Lipinski definition) is 3. The Morgan fingerprint density at radius 3 is 2.50 bits per heavy atom. The van der Waals surface area contributed by atoms with E-state index in [0.29, 0.717) is 24.2 Å². The molecule has 2 heterocycles. The first kappa shape index (κ1) is 19.9. The third-order valence-electron chi connectivity index (χ3n) is 5.84. The zero-order chi connectivity index (χ0) is 21.9. The van der Waals surface area contributed by atoms with E-state index >= 15 is 0 Å². The van der Waals surface area contributed by atoms with Gasteiger partial charge in [-0.1, -0.05) is 48.5 Å². The molecular formula is C27H23N3O2. The number of pyridine rings is 1. The molecule has 0 unspecified atom stereocenters. The lowest BCUT2D eigenvalue weighted by molar-refractivity contribution is 0.0970. The van der Waals surface area contributed by atoms with Crippen LogP contribution in [0, 0.1) is 0 Å². The van der Waals surface area contributed by atoms with Crippen molar-refractivity contribution in [1.29, 1.82) is 0 Å². The lowest BCUT2D eigenvalue weighted by Crippen LogP contribution is -2.12. The van der Waals surface area contributed by atoms with Gasteiger partial charge >= 0.3 is 0 Å². The van der Waals surface area contributed by atoms with Crippen LogP contribution in [-0.4, -0.2) is 21.7 Å². The molecule has 4 aromatic rings. The standard InChI is InChI=1S/C27H23N3O2/c31-23-13-7-12-22-25(23)21(16-18-8-3-1-4-9-18)26(29-22)20-14-15-28-24(17-20)30-27(32)19-10-5-2-6-11-19/h1-6,8-11,14-15,17,29H,7,12-13,16H2,(H,28,30,32). The van der Waals surface area contributed by atoms with Crippen LogP contribution in [0.25, 0.3) is 11.3 Å². The SMILES string of the molecule is O=C(Nc1cc(-c2[nH]c3c(c2Cc2ccccc2)C(=O)CCC3)ccn1)c1ccccc1. The molecular weight excluding hydrogens is 398 g/mol. The molecule has 32 heavy (non-hydrogen) atoms. The van der Waals surface area contributed by atoms with Crippen LogP contribution in [0.3, 0.4) is 0 Å². The summed E-state index contributed by atoms with van der Waals surface area (Å²) < 4.78 is 0. The fourth-order valence-corrected chi connectivity index (χ4v) is 4.33. The number of amides is 1. The van der Waals surface area contributed by atoms with Gasteiger partial charge in [-0.2, -0.15) is 0 Å². The molecule has 2 aromatic heterocycles. The van der Waals surface area contributed by atoms with E-state index in [-0.39, 0.29) is 11.7 Å². The zero-order valence-corrected chi connectivity index (χ0v) is 17.6. The van der Waals surface area contributed by atoms with E-state index in [1.807, 2.05) is 48.5 Å². The van der Waals surface area contributed by atoms with Gasteiger partial charge in [0.15, 0.2) is 5.78 Å². The molecule has 0 fully saturated rings. The molecule has 1 aliphatic carbocycles. The van der Waals surface area contributed by atoms with Crippen molar-refractivity contribution in [3.63, 3.8) is 0 Å². The van der Waals surface area contributed by atoms with E-state index in [2.05, 4.69) is 27.4 Å². The van der Waals surface area contributed by atoms with Gasteiger partial charge in [0.2, 0.25) is 0 Å². The fraction of sp³-hybridized carbons (Fsp3) is 0.148. The molecule has 0 spiro atoms. The summed E-state index contributed by atoms with van der Waals surface area (Å²) in [7, 11) is 0. The molecule has 0 saturated carbocycles. The minimum atomic E-state index is -0.208. The number of aromatic amines is 1. The highest BCUT2D eigenvalue weighted by atomic mass is 16.1. The topological polar surface area (TPSA) is 74.8 Å². The van der Waals surface area contributed by atoms with Gasteiger partial charge in [-0.25, -0.2) is 4.98 Å². The Kier molecular flexibility index (Phi) is 5.38. The first-order valence-corrected chi connectivity index (χ1v) is 10.8. The van der Waals surface area contributed by atoms with E-state index in [9.17, 15) is 9.59 Å². The number of fused-ring (bicyclic) bond motifs is 1. The van der Waals surface area contributed by atoms with Gasteiger partial charge in [-0.3, -0.25) is 9.59 Å². The van der Waals surface area contributed by atoms with Crippen molar-refractivity contribution in [2.75, 3.05) is 5.32 Å². The second-order valence-corrected chi connectivity index (χ2v) is 8.02. The summed E-state index contributed by atoms with van der Waals surface area (Å²) in [5.41, 5.74) is 6.41. The number of rotatable bonds is 5. The first-order chi connectivity index (χ1) is 15.7. The number of nitrogens with zero attached hydrogens (tertiary/aromatic N) is 1. The average Bonchev–Trinajstić information content (AvgIpc) is 3.20. The fourth-order valence-electron chi connectivity index (χ4n) is 4.33. The maximum absolute atomic E-state index is 12.8. The van der Waals surface area contributed by atoms with Crippen LogP contribution < -0.4 is 5.32 Å². The van der Waals surface area contributed by atoms with Crippen molar-refractivity contribution in [3.05, 3.63) is 107 Å². The lowest BCUT2D eigenvalue weighted by atomic mass is 9.90. The van der Waals surface area contributed by atoms with Gasteiger partial charge in [-0.15, -0.1) is 0 Å².